The van der Waals surface area contributed by atoms with Gasteiger partial charge in [0.15, 0.2) is 11.6 Å². The molecule has 5 nitrogen and oxygen atoms in total. The van der Waals surface area contributed by atoms with E-state index in [2.05, 4.69) is 15.0 Å². The van der Waals surface area contributed by atoms with Crippen LogP contribution in [-0.4, -0.2) is 20.7 Å². The molecular formula is C19H18N4O. The summed E-state index contributed by atoms with van der Waals surface area (Å²) in [6, 6.07) is 11.4. The van der Waals surface area contributed by atoms with E-state index in [0.717, 1.165) is 16.8 Å². The van der Waals surface area contributed by atoms with Gasteiger partial charge in [0.05, 0.1) is 11.2 Å². The van der Waals surface area contributed by atoms with Crippen molar-refractivity contribution in [3.63, 3.8) is 0 Å². The number of nitrogens with zero attached hydrogens (tertiary/aromatic N) is 3. The van der Waals surface area contributed by atoms with Gasteiger partial charge < -0.3 is 5.73 Å². The second kappa shape index (κ2) is 6.00. The van der Waals surface area contributed by atoms with Gasteiger partial charge in [0.2, 0.25) is 0 Å². The van der Waals surface area contributed by atoms with Gasteiger partial charge in [0.1, 0.15) is 11.8 Å². The van der Waals surface area contributed by atoms with Crippen molar-refractivity contribution in [2.45, 2.75) is 25.7 Å². The first-order valence-electron chi connectivity index (χ1n) is 8.21. The molecule has 0 radical (unpaired) electrons. The van der Waals surface area contributed by atoms with E-state index in [4.69, 9.17) is 5.73 Å². The van der Waals surface area contributed by atoms with Crippen LogP contribution in [-0.2, 0) is 0 Å². The number of nitrogen functional groups attached to an aromatic ring is 1. The first kappa shape index (κ1) is 14.8. The maximum Gasteiger partial charge on any atom is 0.163 e. The van der Waals surface area contributed by atoms with Crippen molar-refractivity contribution in [1.29, 1.82) is 0 Å². The molecule has 2 heterocycles. The van der Waals surface area contributed by atoms with E-state index in [1.165, 1.54) is 25.6 Å². The molecule has 1 aliphatic rings. The highest BCUT2D eigenvalue weighted by Crippen LogP contribution is 2.31. The maximum atomic E-state index is 12.4. The number of carbonyl (C=O) groups is 1. The van der Waals surface area contributed by atoms with Crippen LogP contribution in [0.5, 0.6) is 0 Å². The molecular weight excluding hydrogens is 300 g/mol. The molecule has 24 heavy (non-hydrogen) atoms. The third kappa shape index (κ3) is 2.73. The average Bonchev–Trinajstić information content (AvgIpc) is 2.58. The minimum Gasteiger partial charge on any atom is -0.382 e. The van der Waals surface area contributed by atoms with Crippen LogP contribution in [0.15, 0.2) is 42.7 Å². The summed E-state index contributed by atoms with van der Waals surface area (Å²) in [6.07, 6.45) is 5.69. The number of benzene rings is 1. The van der Waals surface area contributed by atoms with Gasteiger partial charge in [-0.3, -0.25) is 4.79 Å². The number of carbonyl (C=O) groups excluding carboxylic acids is 1. The van der Waals surface area contributed by atoms with Crippen LogP contribution < -0.4 is 5.73 Å². The summed E-state index contributed by atoms with van der Waals surface area (Å²) in [4.78, 5) is 25.2. The molecule has 3 aromatic rings. The zero-order valence-corrected chi connectivity index (χ0v) is 13.3. The van der Waals surface area contributed by atoms with E-state index in [0.29, 0.717) is 29.2 Å². The van der Waals surface area contributed by atoms with Crippen LogP contribution in [0.25, 0.3) is 22.3 Å². The summed E-state index contributed by atoms with van der Waals surface area (Å²) < 4.78 is 0. The molecule has 0 spiro atoms. The molecule has 0 unspecified atom stereocenters. The number of Topliss-reactive ketones (excluding diaryl/α,β-unsaturated/α-hetero) is 1. The first-order chi connectivity index (χ1) is 11.7. The van der Waals surface area contributed by atoms with Gasteiger partial charge in [-0.1, -0.05) is 37.5 Å². The van der Waals surface area contributed by atoms with Crippen molar-refractivity contribution >= 4 is 22.6 Å². The van der Waals surface area contributed by atoms with Crippen LogP contribution in [0.1, 0.15) is 36.0 Å². The van der Waals surface area contributed by atoms with E-state index in [1.807, 2.05) is 36.4 Å². The molecule has 1 aromatic carbocycles. The Morgan fingerprint density at radius 2 is 2.04 bits per heavy atom. The molecule has 0 amide bonds. The van der Waals surface area contributed by atoms with E-state index in [9.17, 15) is 4.79 Å². The molecule has 2 N–H and O–H groups in total. The third-order valence-corrected chi connectivity index (χ3v) is 4.69. The van der Waals surface area contributed by atoms with Crippen LogP contribution in [0.3, 0.4) is 0 Å². The molecule has 120 valence electrons. The summed E-state index contributed by atoms with van der Waals surface area (Å²) in [6.45, 7) is 0. The predicted molar refractivity (Wildman–Crippen MR) is 93.5 cm³/mol. The molecule has 5 heteroatoms. The lowest BCUT2D eigenvalue weighted by atomic mass is 9.81. The summed E-state index contributed by atoms with van der Waals surface area (Å²) in [5, 5.41) is 0. The van der Waals surface area contributed by atoms with Crippen molar-refractivity contribution in [2.75, 3.05) is 5.73 Å². The lowest BCUT2D eigenvalue weighted by molar-refractivity contribution is 0.0936. The fraction of sp³-hybridized carbons (Fsp3) is 0.263. The van der Waals surface area contributed by atoms with Gasteiger partial charge in [-0.25, -0.2) is 15.0 Å². The lowest BCUT2D eigenvalue weighted by Gasteiger charge is -2.24. The Labute approximate surface area is 140 Å². The summed E-state index contributed by atoms with van der Waals surface area (Å²) >= 11 is 0. The molecule has 1 fully saturated rings. The van der Waals surface area contributed by atoms with Gasteiger partial charge in [-0.05, 0) is 24.1 Å². The summed E-state index contributed by atoms with van der Waals surface area (Å²) in [5.74, 6) is 1.14. The molecule has 0 aliphatic heterocycles. The zero-order valence-electron chi connectivity index (χ0n) is 13.3. The smallest absolute Gasteiger partial charge is 0.163 e. The second-order valence-corrected chi connectivity index (χ2v) is 6.33. The largest absolute Gasteiger partial charge is 0.382 e. The number of nitrogens with two attached hydrogens (primary N) is 1. The van der Waals surface area contributed by atoms with Crippen molar-refractivity contribution in [1.82, 2.24) is 15.0 Å². The quantitative estimate of drug-likeness (QED) is 0.743. The lowest BCUT2D eigenvalue weighted by Crippen LogP contribution is -2.15. The van der Waals surface area contributed by atoms with Crippen LogP contribution in [0, 0.1) is 5.92 Å². The van der Waals surface area contributed by atoms with Crippen molar-refractivity contribution in [2.24, 2.45) is 5.92 Å². The third-order valence-electron chi connectivity index (χ3n) is 4.69. The normalized spacial score (nSPS) is 14.5. The standard InChI is InChI=1S/C19H18N4O/c20-19-18-16(21-11-22-19)8-7-15(23-18)13-5-2-6-14(10-13)17(24)9-12-3-1-4-12/h2,5-8,10-12H,1,3-4,9H2,(H2,20,21,22). The Balaban J connectivity index is 1.67. The van der Waals surface area contributed by atoms with Gasteiger partial charge in [0, 0.05) is 17.5 Å². The molecule has 4 rings (SSSR count). The number of pyridine rings is 1. The van der Waals surface area contributed by atoms with Crippen molar-refractivity contribution in [3.05, 3.63) is 48.3 Å². The fourth-order valence-corrected chi connectivity index (χ4v) is 3.05. The van der Waals surface area contributed by atoms with E-state index in [-0.39, 0.29) is 5.78 Å². The average molecular weight is 318 g/mol. The van der Waals surface area contributed by atoms with Gasteiger partial charge in [0.25, 0.3) is 0 Å². The summed E-state index contributed by atoms with van der Waals surface area (Å²) in [5.41, 5.74) is 9.60. The van der Waals surface area contributed by atoms with E-state index >= 15 is 0 Å². The molecule has 0 saturated heterocycles. The van der Waals surface area contributed by atoms with Crippen LogP contribution in [0.4, 0.5) is 5.82 Å². The topological polar surface area (TPSA) is 81.8 Å². The van der Waals surface area contributed by atoms with Crippen molar-refractivity contribution < 1.29 is 4.79 Å². The Morgan fingerprint density at radius 1 is 1.17 bits per heavy atom. The van der Waals surface area contributed by atoms with Crippen LogP contribution in [0.2, 0.25) is 0 Å². The first-order valence-corrected chi connectivity index (χ1v) is 8.21. The Morgan fingerprint density at radius 3 is 2.83 bits per heavy atom. The number of anilines is 1. The number of ketones is 1. The number of hydrogen-bond acceptors (Lipinski definition) is 5. The molecule has 0 bridgehead atoms. The zero-order chi connectivity index (χ0) is 16.5. The van der Waals surface area contributed by atoms with Gasteiger partial charge >= 0.3 is 0 Å². The van der Waals surface area contributed by atoms with Crippen molar-refractivity contribution in [3.8, 4) is 11.3 Å². The number of fused-ring (bicyclic) bond motifs is 1. The maximum absolute atomic E-state index is 12.4. The highest BCUT2D eigenvalue weighted by Gasteiger charge is 2.21. The molecule has 1 aliphatic carbocycles. The minimum atomic E-state index is 0.213. The molecule has 2 aromatic heterocycles. The Hall–Kier alpha value is -2.82. The van der Waals surface area contributed by atoms with E-state index in [1.54, 1.807) is 0 Å². The number of aromatic nitrogens is 3. The Bertz CT molecular complexity index is 918. The molecule has 1 saturated carbocycles. The number of hydrogen-bond donors (Lipinski definition) is 1. The van der Waals surface area contributed by atoms with Gasteiger partial charge in [-0.15, -0.1) is 0 Å². The monoisotopic (exact) mass is 318 g/mol. The van der Waals surface area contributed by atoms with Crippen LogP contribution >= 0.6 is 0 Å². The Kier molecular flexibility index (Phi) is 3.69. The minimum absolute atomic E-state index is 0.213. The second-order valence-electron chi connectivity index (χ2n) is 6.33. The highest BCUT2D eigenvalue weighted by atomic mass is 16.1. The van der Waals surface area contributed by atoms with E-state index < -0.39 is 0 Å². The van der Waals surface area contributed by atoms with Gasteiger partial charge in [-0.2, -0.15) is 0 Å². The SMILES string of the molecule is Nc1ncnc2ccc(-c3cccc(C(=O)CC4CCC4)c3)nc12. The number of rotatable bonds is 4. The molecule has 0 atom stereocenters. The summed E-state index contributed by atoms with van der Waals surface area (Å²) in [7, 11) is 0. The fourth-order valence-electron chi connectivity index (χ4n) is 3.05. The predicted octanol–water partition coefficient (Wildman–Crippen LogP) is 3.65. The highest BCUT2D eigenvalue weighted by molar-refractivity contribution is 5.97.